The average Bonchev–Trinajstić information content (AvgIpc) is 2.23. The van der Waals surface area contributed by atoms with Crippen molar-refractivity contribution in [1.29, 1.82) is 0 Å². The molecule has 0 atom stereocenters. The predicted octanol–water partition coefficient (Wildman–Crippen LogP) is 3.39. The van der Waals surface area contributed by atoms with Crippen LogP contribution in [0.4, 0.5) is 0 Å². The largest absolute Gasteiger partial charge is 0.386 e. The van der Waals surface area contributed by atoms with Gasteiger partial charge in [0.05, 0.1) is 12.0 Å². The third-order valence-corrected chi connectivity index (χ3v) is 2.18. The third-order valence-electron chi connectivity index (χ3n) is 1.95. The Morgan fingerprint density at radius 1 is 1.22 bits per heavy atom. The lowest BCUT2D eigenvalue weighted by Crippen LogP contribution is -2.17. The molecule has 0 aromatic heterocycles. The molecule has 4 nitrogen and oxygen atoms in total. The van der Waals surface area contributed by atoms with Gasteiger partial charge in [-0.15, -0.1) is 0 Å². The van der Waals surface area contributed by atoms with E-state index in [1.54, 1.807) is 12.1 Å². The molecule has 5 heteroatoms. The minimum Gasteiger partial charge on any atom is -0.247 e. The number of hydrogen-bond donors (Lipinski definition) is 0. The molecule has 18 heavy (non-hydrogen) atoms. The van der Waals surface area contributed by atoms with E-state index in [9.17, 15) is 9.59 Å². The Bertz CT molecular complexity index is 449. The van der Waals surface area contributed by atoms with Crippen LogP contribution in [-0.2, 0) is 14.6 Å². The maximum absolute atomic E-state index is 11.5. The van der Waals surface area contributed by atoms with Gasteiger partial charge in [0.1, 0.15) is 0 Å². The van der Waals surface area contributed by atoms with E-state index in [4.69, 9.17) is 11.6 Å². The number of carbonyl (C=O) groups is 2. The Kier molecular flexibility index (Phi) is 4.73. The summed E-state index contributed by atoms with van der Waals surface area (Å²) in [5.41, 5.74) is 0.00516. The van der Waals surface area contributed by atoms with E-state index >= 15 is 0 Å². The van der Waals surface area contributed by atoms with Crippen molar-refractivity contribution >= 4 is 23.5 Å². The van der Waals surface area contributed by atoms with Crippen LogP contribution in [0.2, 0.25) is 5.02 Å². The summed E-state index contributed by atoms with van der Waals surface area (Å²) in [5, 5.41) is 0.408. The molecular weight excluding hydrogens is 256 g/mol. The van der Waals surface area contributed by atoms with Crippen molar-refractivity contribution in [1.82, 2.24) is 0 Å². The van der Waals surface area contributed by atoms with Crippen LogP contribution in [-0.4, -0.2) is 11.9 Å². The maximum atomic E-state index is 11.5. The van der Waals surface area contributed by atoms with Crippen LogP contribution in [0.5, 0.6) is 0 Å². The molecule has 0 bridgehead atoms. The summed E-state index contributed by atoms with van der Waals surface area (Å²) in [7, 11) is 0. The van der Waals surface area contributed by atoms with Crippen LogP contribution >= 0.6 is 11.6 Å². The standard InChI is InChI=1S/C13H15ClO4/c1-13(2,3)8-11(15)17-18-12(16)9-5-4-6-10(14)7-9/h4-7H,8H2,1-3H3. The molecule has 1 aromatic carbocycles. The summed E-state index contributed by atoms with van der Waals surface area (Å²) in [5.74, 6) is -1.34. The van der Waals surface area contributed by atoms with Crippen LogP contribution in [0.1, 0.15) is 37.6 Å². The summed E-state index contributed by atoms with van der Waals surface area (Å²) >= 11 is 5.72. The summed E-state index contributed by atoms with van der Waals surface area (Å²) in [6.45, 7) is 5.65. The van der Waals surface area contributed by atoms with Gasteiger partial charge < -0.3 is 0 Å². The summed E-state index contributed by atoms with van der Waals surface area (Å²) < 4.78 is 0. The normalized spacial score (nSPS) is 10.9. The van der Waals surface area contributed by atoms with Crippen LogP contribution in [0, 0.1) is 5.41 Å². The molecule has 0 aliphatic heterocycles. The Balaban J connectivity index is 2.49. The molecule has 0 saturated carbocycles. The van der Waals surface area contributed by atoms with Crippen molar-refractivity contribution in [2.24, 2.45) is 5.41 Å². The van der Waals surface area contributed by atoms with Gasteiger partial charge >= 0.3 is 11.9 Å². The summed E-state index contributed by atoms with van der Waals surface area (Å²) in [6, 6.07) is 6.19. The van der Waals surface area contributed by atoms with Gasteiger partial charge in [-0.05, 0) is 23.6 Å². The van der Waals surface area contributed by atoms with Gasteiger partial charge in [-0.25, -0.2) is 19.4 Å². The van der Waals surface area contributed by atoms with E-state index in [1.807, 2.05) is 20.8 Å². The van der Waals surface area contributed by atoms with Gasteiger partial charge in [0.2, 0.25) is 0 Å². The second kappa shape index (κ2) is 5.87. The second-order valence-electron chi connectivity index (χ2n) is 5.07. The highest BCUT2D eigenvalue weighted by Crippen LogP contribution is 2.19. The van der Waals surface area contributed by atoms with Crippen molar-refractivity contribution in [3.63, 3.8) is 0 Å². The van der Waals surface area contributed by atoms with E-state index in [0.29, 0.717) is 5.02 Å². The fourth-order valence-corrected chi connectivity index (χ4v) is 1.40. The average molecular weight is 271 g/mol. The van der Waals surface area contributed by atoms with Gasteiger partial charge in [-0.3, -0.25) is 0 Å². The van der Waals surface area contributed by atoms with Crippen molar-refractivity contribution in [2.75, 3.05) is 0 Å². The van der Waals surface area contributed by atoms with Crippen LogP contribution in [0.3, 0.4) is 0 Å². The van der Waals surface area contributed by atoms with E-state index < -0.39 is 11.9 Å². The topological polar surface area (TPSA) is 52.6 Å². The Labute approximate surface area is 111 Å². The molecular formula is C13H15ClO4. The third kappa shape index (κ3) is 5.19. The number of rotatable bonds is 2. The molecule has 0 aliphatic rings. The van der Waals surface area contributed by atoms with Gasteiger partial charge in [-0.1, -0.05) is 38.4 Å². The van der Waals surface area contributed by atoms with E-state index in [-0.39, 0.29) is 17.4 Å². The molecule has 0 fully saturated rings. The Morgan fingerprint density at radius 2 is 1.89 bits per heavy atom. The van der Waals surface area contributed by atoms with Crippen molar-refractivity contribution in [3.05, 3.63) is 34.9 Å². The predicted molar refractivity (Wildman–Crippen MR) is 67.0 cm³/mol. The molecule has 0 amide bonds. The lowest BCUT2D eigenvalue weighted by molar-refractivity contribution is -0.235. The zero-order valence-corrected chi connectivity index (χ0v) is 11.3. The second-order valence-corrected chi connectivity index (χ2v) is 5.51. The van der Waals surface area contributed by atoms with Crippen LogP contribution in [0.25, 0.3) is 0 Å². The summed E-state index contributed by atoms with van der Waals surface area (Å²) in [4.78, 5) is 31.7. The monoisotopic (exact) mass is 270 g/mol. The first kappa shape index (κ1) is 14.5. The molecule has 0 saturated heterocycles. The highest BCUT2D eigenvalue weighted by Gasteiger charge is 2.19. The Morgan fingerprint density at radius 3 is 2.44 bits per heavy atom. The number of carbonyl (C=O) groups excluding carboxylic acids is 2. The number of benzene rings is 1. The lowest BCUT2D eigenvalue weighted by Gasteiger charge is -2.15. The van der Waals surface area contributed by atoms with Crippen LogP contribution in [0.15, 0.2) is 24.3 Å². The van der Waals surface area contributed by atoms with Gasteiger partial charge in [0.25, 0.3) is 0 Å². The zero-order valence-electron chi connectivity index (χ0n) is 10.5. The van der Waals surface area contributed by atoms with E-state index in [0.717, 1.165) is 0 Å². The molecule has 1 rings (SSSR count). The first-order valence-electron chi connectivity index (χ1n) is 5.45. The molecule has 0 aliphatic carbocycles. The van der Waals surface area contributed by atoms with E-state index in [1.165, 1.54) is 12.1 Å². The lowest BCUT2D eigenvalue weighted by atomic mass is 9.93. The minimum atomic E-state index is -0.750. The highest BCUT2D eigenvalue weighted by molar-refractivity contribution is 6.30. The van der Waals surface area contributed by atoms with Gasteiger partial charge in [0.15, 0.2) is 0 Å². The number of hydrogen-bond acceptors (Lipinski definition) is 4. The van der Waals surface area contributed by atoms with Gasteiger partial charge in [0, 0.05) is 5.02 Å². The quantitative estimate of drug-likeness (QED) is 0.610. The number of halogens is 1. The van der Waals surface area contributed by atoms with E-state index in [2.05, 4.69) is 9.78 Å². The van der Waals surface area contributed by atoms with Gasteiger partial charge in [-0.2, -0.15) is 0 Å². The highest BCUT2D eigenvalue weighted by atomic mass is 35.5. The fraction of sp³-hybridized carbons (Fsp3) is 0.385. The first-order chi connectivity index (χ1) is 8.28. The molecule has 0 heterocycles. The van der Waals surface area contributed by atoms with Crippen molar-refractivity contribution in [3.8, 4) is 0 Å². The Hall–Kier alpha value is -1.55. The first-order valence-corrected chi connectivity index (χ1v) is 5.83. The SMILES string of the molecule is CC(C)(C)CC(=O)OOC(=O)c1cccc(Cl)c1. The molecule has 98 valence electrons. The van der Waals surface area contributed by atoms with Crippen molar-refractivity contribution < 1.29 is 19.4 Å². The fourth-order valence-electron chi connectivity index (χ4n) is 1.21. The summed E-state index contributed by atoms with van der Waals surface area (Å²) in [6.07, 6.45) is 0.163. The zero-order chi connectivity index (χ0) is 13.8. The maximum Gasteiger partial charge on any atom is 0.386 e. The molecule has 1 aromatic rings. The van der Waals surface area contributed by atoms with Crippen LogP contribution < -0.4 is 0 Å². The molecule has 0 N–H and O–H groups in total. The molecule has 0 spiro atoms. The van der Waals surface area contributed by atoms with Crippen molar-refractivity contribution in [2.45, 2.75) is 27.2 Å². The molecule has 0 radical (unpaired) electrons. The smallest absolute Gasteiger partial charge is 0.247 e. The minimum absolute atomic E-state index is 0.163. The molecule has 0 unspecified atom stereocenters.